The highest BCUT2D eigenvalue weighted by atomic mass is 19.4. The number of nitrogens with two attached hydrogens (primary N) is 1. The molecular formula is C17H16F4N4O3. The molecule has 7 nitrogen and oxygen atoms in total. The summed E-state index contributed by atoms with van der Waals surface area (Å²) >= 11 is 0. The molecule has 2 aromatic rings. The topological polar surface area (TPSA) is 90.5 Å². The lowest BCUT2D eigenvalue weighted by molar-refractivity contribution is -0.140. The molecule has 0 aliphatic carbocycles. The van der Waals surface area contributed by atoms with Crippen molar-refractivity contribution in [2.24, 2.45) is 5.73 Å². The number of morpholine rings is 1. The monoisotopic (exact) mass is 400 g/mol. The van der Waals surface area contributed by atoms with Crippen LogP contribution in [-0.2, 0) is 22.1 Å². The molecular weight excluding hydrogens is 384 g/mol. The minimum atomic E-state index is -4.95. The summed E-state index contributed by atoms with van der Waals surface area (Å²) in [7, 11) is 0. The average molecular weight is 400 g/mol. The predicted octanol–water partition coefficient (Wildman–Crippen LogP) is 1.25. The number of ether oxygens (including phenoxy) is 1. The van der Waals surface area contributed by atoms with Crippen LogP contribution in [0, 0.1) is 5.82 Å². The van der Waals surface area contributed by atoms with Crippen LogP contribution in [0.15, 0.2) is 29.1 Å². The summed E-state index contributed by atoms with van der Waals surface area (Å²) in [4.78, 5) is 30.1. The Hall–Kier alpha value is -2.95. The van der Waals surface area contributed by atoms with Crippen molar-refractivity contribution in [2.45, 2.75) is 12.6 Å². The molecule has 0 bridgehead atoms. The van der Waals surface area contributed by atoms with E-state index in [1.807, 2.05) is 0 Å². The molecule has 1 amide bonds. The van der Waals surface area contributed by atoms with Gasteiger partial charge >= 0.3 is 6.18 Å². The van der Waals surface area contributed by atoms with Gasteiger partial charge in [-0.05, 0) is 18.2 Å². The summed E-state index contributed by atoms with van der Waals surface area (Å²) in [5.41, 5.74) is 2.69. The van der Waals surface area contributed by atoms with Crippen LogP contribution in [0.4, 0.5) is 23.4 Å². The Morgan fingerprint density at radius 1 is 1.21 bits per heavy atom. The highest BCUT2D eigenvalue weighted by molar-refractivity contribution is 5.76. The third kappa shape index (κ3) is 4.14. The van der Waals surface area contributed by atoms with Crippen LogP contribution in [0.1, 0.15) is 11.4 Å². The van der Waals surface area contributed by atoms with Crippen molar-refractivity contribution < 1.29 is 27.1 Å². The molecule has 150 valence electrons. The third-order valence-corrected chi connectivity index (χ3v) is 4.16. The standard InChI is InChI=1S/C17H16F4N4O3/c18-12-2-1-10(7-11(12)17(19,20)21)25-15(8-13(22)26)23-14(9-16(25)27)24-3-5-28-6-4-24/h1-2,7,9H,3-6,8H2,(H2,22,26). The molecule has 0 saturated carbocycles. The summed E-state index contributed by atoms with van der Waals surface area (Å²) in [6.45, 7) is 1.76. The van der Waals surface area contributed by atoms with Gasteiger partial charge in [-0.15, -0.1) is 0 Å². The molecule has 1 fully saturated rings. The van der Waals surface area contributed by atoms with Gasteiger partial charge in [0.15, 0.2) is 0 Å². The summed E-state index contributed by atoms with van der Waals surface area (Å²) in [5.74, 6) is -2.17. The fourth-order valence-electron chi connectivity index (χ4n) is 2.89. The van der Waals surface area contributed by atoms with E-state index < -0.39 is 35.4 Å². The number of carbonyl (C=O) groups is 1. The summed E-state index contributed by atoms with van der Waals surface area (Å²) in [6.07, 6.45) is -5.43. The number of carbonyl (C=O) groups excluding carboxylic acids is 1. The Morgan fingerprint density at radius 3 is 2.50 bits per heavy atom. The van der Waals surface area contributed by atoms with Gasteiger partial charge in [-0.25, -0.2) is 9.37 Å². The van der Waals surface area contributed by atoms with Crippen molar-refractivity contribution in [2.75, 3.05) is 31.2 Å². The summed E-state index contributed by atoms with van der Waals surface area (Å²) < 4.78 is 58.7. The zero-order valence-electron chi connectivity index (χ0n) is 14.5. The van der Waals surface area contributed by atoms with E-state index in [1.54, 1.807) is 4.90 Å². The van der Waals surface area contributed by atoms with Gasteiger partial charge in [-0.3, -0.25) is 14.2 Å². The van der Waals surface area contributed by atoms with Crippen molar-refractivity contribution in [3.05, 3.63) is 51.8 Å². The largest absolute Gasteiger partial charge is 0.419 e. The second-order valence-corrected chi connectivity index (χ2v) is 6.11. The molecule has 0 spiro atoms. The number of anilines is 1. The number of halogens is 4. The fraction of sp³-hybridized carbons (Fsp3) is 0.353. The van der Waals surface area contributed by atoms with Crippen molar-refractivity contribution >= 4 is 11.7 Å². The SMILES string of the molecule is NC(=O)Cc1nc(N2CCOCC2)cc(=O)n1-c1ccc(F)c(C(F)(F)F)c1. The van der Waals surface area contributed by atoms with E-state index in [0.29, 0.717) is 38.4 Å². The Bertz CT molecular complexity index is 952. The molecule has 1 aromatic heterocycles. The average Bonchev–Trinajstić information content (AvgIpc) is 2.61. The van der Waals surface area contributed by atoms with Crippen LogP contribution < -0.4 is 16.2 Å². The molecule has 28 heavy (non-hydrogen) atoms. The van der Waals surface area contributed by atoms with E-state index >= 15 is 0 Å². The Labute approximate surface area is 156 Å². The molecule has 3 rings (SSSR count). The molecule has 0 unspecified atom stereocenters. The number of alkyl halides is 3. The first-order chi connectivity index (χ1) is 13.2. The number of aromatic nitrogens is 2. The maximum atomic E-state index is 13.6. The highest BCUT2D eigenvalue weighted by Gasteiger charge is 2.34. The van der Waals surface area contributed by atoms with Gasteiger partial charge in [0, 0.05) is 19.2 Å². The van der Waals surface area contributed by atoms with Crippen LogP contribution in [-0.4, -0.2) is 41.8 Å². The maximum absolute atomic E-state index is 13.6. The quantitative estimate of drug-likeness (QED) is 0.781. The Kier molecular flexibility index (Phi) is 5.36. The Balaban J connectivity index is 2.14. The predicted molar refractivity (Wildman–Crippen MR) is 90.7 cm³/mol. The molecule has 1 saturated heterocycles. The highest BCUT2D eigenvalue weighted by Crippen LogP contribution is 2.32. The van der Waals surface area contributed by atoms with Crippen LogP contribution in [0.25, 0.3) is 5.69 Å². The molecule has 1 aliphatic heterocycles. The van der Waals surface area contributed by atoms with Crippen LogP contribution >= 0.6 is 0 Å². The molecule has 2 heterocycles. The maximum Gasteiger partial charge on any atom is 0.419 e. The lowest BCUT2D eigenvalue weighted by Gasteiger charge is -2.28. The van der Waals surface area contributed by atoms with E-state index in [-0.39, 0.29) is 17.3 Å². The fourth-order valence-corrected chi connectivity index (χ4v) is 2.89. The van der Waals surface area contributed by atoms with E-state index in [9.17, 15) is 27.2 Å². The summed E-state index contributed by atoms with van der Waals surface area (Å²) in [5, 5.41) is 0. The van der Waals surface area contributed by atoms with Gasteiger partial charge in [0.25, 0.3) is 5.56 Å². The molecule has 11 heteroatoms. The minimum absolute atomic E-state index is 0.138. The van der Waals surface area contributed by atoms with E-state index in [0.717, 1.165) is 16.7 Å². The normalized spacial score (nSPS) is 14.9. The lowest BCUT2D eigenvalue weighted by atomic mass is 10.1. The second-order valence-electron chi connectivity index (χ2n) is 6.11. The lowest BCUT2D eigenvalue weighted by Crippen LogP contribution is -2.38. The molecule has 1 aliphatic rings. The molecule has 2 N–H and O–H groups in total. The second kappa shape index (κ2) is 7.58. The first-order valence-electron chi connectivity index (χ1n) is 8.28. The number of rotatable bonds is 4. The summed E-state index contributed by atoms with van der Waals surface area (Å²) in [6, 6.07) is 3.25. The first-order valence-corrected chi connectivity index (χ1v) is 8.28. The van der Waals surface area contributed by atoms with E-state index in [1.165, 1.54) is 0 Å². The first kappa shape index (κ1) is 19.8. The number of amides is 1. The Morgan fingerprint density at radius 2 is 1.89 bits per heavy atom. The molecule has 1 aromatic carbocycles. The molecule has 0 radical (unpaired) electrons. The van der Waals surface area contributed by atoms with E-state index in [2.05, 4.69) is 4.98 Å². The van der Waals surface area contributed by atoms with Crippen molar-refractivity contribution in [1.82, 2.24) is 9.55 Å². The van der Waals surface area contributed by atoms with Crippen LogP contribution in [0.5, 0.6) is 0 Å². The van der Waals surface area contributed by atoms with Gasteiger partial charge in [0.2, 0.25) is 5.91 Å². The zero-order chi connectivity index (χ0) is 20.5. The van der Waals surface area contributed by atoms with Gasteiger partial charge in [0.05, 0.1) is 30.9 Å². The zero-order valence-corrected chi connectivity index (χ0v) is 14.5. The van der Waals surface area contributed by atoms with Crippen molar-refractivity contribution in [1.29, 1.82) is 0 Å². The van der Waals surface area contributed by atoms with Crippen LogP contribution in [0.3, 0.4) is 0 Å². The number of hydrogen-bond donors (Lipinski definition) is 1. The minimum Gasteiger partial charge on any atom is -0.378 e. The van der Waals surface area contributed by atoms with Crippen LogP contribution in [0.2, 0.25) is 0 Å². The number of hydrogen-bond acceptors (Lipinski definition) is 5. The van der Waals surface area contributed by atoms with Crippen molar-refractivity contribution in [3.8, 4) is 5.69 Å². The van der Waals surface area contributed by atoms with Gasteiger partial charge in [0.1, 0.15) is 17.5 Å². The molecule has 0 atom stereocenters. The van der Waals surface area contributed by atoms with E-state index in [4.69, 9.17) is 10.5 Å². The van der Waals surface area contributed by atoms with Gasteiger partial charge < -0.3 is 15.4 Å². The smallest absolute Gasteiger partial charge is 0.378 e. The number of benzene rings is 1. The number of primary amides is 1. The number of nitrogens with zero attached hydrogens (tertiary/aromatic N) is 3. The van der Waals surface area contributed by atoms with Gasteiger partial charge in [-0.2, -0.15) is 13.2 Å². The van der Waals surface area contributed by atoms with Gasteiger partial charge in [-0.1, -0.05) is 0 Å². The van der Waals surface area contributed by atoms with Crippen molar-refractivity contribution in [3.63, 3.8) is 0 Å². The third-order valence-electron chi connectivity index (χ3n) is 4.16.